The molecular formula is C13H11N5O2S. The predicted molar refractivity (Wildman–Crippen MR) is 78.2 cm³/mol. The first kappa shape index (κ1) is 13.4. The number of carbonyl (C=O) groups is 1. The molecule has 106 valence electrons. The van der Waals surface area contributed by atoms with Crippen LogP contribution in [0.4, 0.5) is 0 Å². The smallest absolute Gasteiger partial charge is 0.272 e. The molecular weight excluding hydrogens is 290 g/mol. The van der Waals surface area contributed by atoms with Gasteiger partial charge in [-0.2, -0.15) is 5.10 Å². The summed E-state index contributed by atoms with van der Waals surface area (Å²) in [5, 5.41) is 14.3. The fourth-order valence-electron chi connectivity index (χ4n) is 1.99. The topological polar surface area (TPSA) is 101 Å². The van der Waals surface area contributed by atoms with Crippen molar-refractivity contribution < 1.29 is 4.79 Å². The number of hydrogen-bond donors (Lipinski definition) is 2. The molecule has 0 radical (unpaired) electrons. The van der Waals surface area contributed by atoms with Gasteiger partial charge in [0.05, 0.1) is 23.3 Å². The van der Waals surface area contributed by atoms with Gasteiger partial charge >= 0.3 is 0 Å². The fraction of sp³-hybridized carbons (Fsp3) is 0.154. The van der Waals surface area contributed by atoms with Crippen LogP contribution in [-0.2, 0) is 6.54 Å². The number of carbonyl (C=O) groups excluding carboxylic acids is 1. The molecule has 0 aliphatic rings. The first-order valence-electron chi connectivity index (χ1n) is 6.20. The second kappa shape index (κ2) is 5.41. The van der Waals surface area contributed by atoms with Crippen molar-refractivity contribution in [3.05, 3.63) is 50.9 Å². The monoisotopic (exact) mass is 301 g/mol. The number of amides is 1. The van der Waals surface area contributed by atoms with Crippen LogP contribution in [0.25, 0.3) is 10.8 Å². The SMILES string of the molecule is Cc1nnsc1C(=O)NCc1n[nH]c(=O)c2ccccc12. The van der Waals surface area contributed by atoms with E-state index in [2.05, 4.69) is 25.1 Å². The summed E-state index contributed by atoms with van der Waals surface area (Å²) in [6.07, 6.45) is 0. The zero-order valence-corrected chi connectivity index (χ0v) is 11.9. The number of nitrogens with one attached hydrogen (secondary N) is 2. The van der Waals surface area contributed by atoms with Crippen molar-refractivity contribution in [1.29, 1.82) is 0 Å². The van der Waals surface area contributed by atoms with E-state index in [1.54, 1.807) is 25.1 Å². The molecule has 1 aromatic carbocycles. The Hall–Kier alpha value is -2.61. The maximum absolute atomic E-state index is 12.0. The van der Waals surface area contributed by atoms with Crippen LogP contribution in [0.15, 0.2) is 29.1 Å². The summed E-state index contributed by atoms with van der Waals surface area (Å²) < 4.78 is 3.73. The molecule has 0 bridgehead atoms. The van der Waals surface area contributed by atoms with E-state index in [0.29, 0.717) is 21.7 Å². The molecule has 8 heteroatoms. The van der Waals surface area contributed by atoms with Crippen LogP contribution >= 0.6 is 11.5 Å². The molecule has 21 heavy (non-hydrogen) atoms. The van der Waals surface area contributed by atoms with E-state index in [1.165, 1.54) is 0 Å². The standard InChI is InChI=1S/C13H11N5O2S/c1-7-11(21-18-15-7)13(20)14-6-10-8-4-2-3-5-9(8)12(19)17-16-10/h2-5H,6H2,1H3,(H,14,20)(H,17,19). The van der Waals surface area contributed by atoms with Crippen LogP contribution in [-0.4, -0.2) is 25.7 Å². The molecule has 7 nitrogen and oxygen atoms in total. The van der Waals surface area contributed by atoms with Crippen LogP contribution in [0.1, 0.15) is 21.1 Å². The highest BCUT2D eigenvalue weighted by atomic mass is 32.1. The van der Waals surface area contributed by atoms with Gasteiger partial charge in [0.2, 0.25) is 0 Å². The van der Waals surface area contributed by atoms with E-state index >= 15 is 0 Å². The lowest BCUT2D eigenvalue weighted by molar-refractivity contribution is 0.0954. The van der Waals surface area contributed by atoms with Crippen molar-refractivity contribution in [1.82, 2.24) is 25.1 Å². The van der Waals surface area contributed by atoms with Crippen molar-refractivity contribution in [2.45, 2.75) is 13.5 Å². The van der Waals surface area contributed by atoms with Gasteiger partial charge < -0.3 is 5.32 Å². The highest BCUT2D eigenvalue weighted by molar-refractivity contribution is 7.07. The van der Waals surface area contributed by atoms with E-state index in [9.17, 15) is 9.59 Å². The first-order valence-corrected chi connectivity index (χ1v) is 6.97. The molecule has 1 amide bonds. The minimum Gasteiger partial charge on any atom is -0.345 e. The molecule has 0 fully saturated rings. The maximum atomic E-state index is 12.0. The van der Waals surface area contributed by atoms with Crippen molar-refractivity contribution >= 4 is 28.2 Å². The normalized spacial score (nSPS) is 10.7. The van der Waals surface area contributed by atoms with Gasteiger partial charge in [0.15, 0.2) is 0 Å². The van der Waals surface area contributed by atoms with Gasteiger partial charge in [-0.15, -0.1) is 5.10 Å². The highest BCUT2D eigenvalue weighted by Crippen LogP contribution is 2.13. The van der Waals surface area contributed by atoms with Gasteiger partial charge in [0, 0.05) is 5.39 Å². The van der Waals surface area contributed by atoms with E-state index < -0.39 is 0 Å². The summed E-state index contributed by atoms with van der Waals surface area (Å²) in [7, 11) is 0. The Morgan fingerprint density at radius 3 is 2.81 bits per heavy atom. The molecule has 2 N–H and O–H groups in total. The number of H-pyrrole nitrogens is 1. The third kappa shape index (κ3) is 2.52. The first-order chi connectivity index (χ1) is 10.2. The summed E-state index contributed by atoms with van der Waals surface area (Å²) in [6, 6.07) is 7.13. The summed E-state index contributed by atoms with van der Waals surface area (Å²) in [4.78, 5) is 24.2. The molecule has 0 aliphatic carbocycles. The van der Waals surface area contributed by atoms with Gasteiger partial charge in [0.1, 0.15) is 4.88 Å². The second-order valence-electron chi connectivity index (χ2n) is 4.42. The molecule has 0 saturated heterocycles. The van der Waals surface area contributed by atoms with Gasteiger partial charge in [0.25, 0.3) is 11.5 Å². The minimum absolute atomic E-state index is 0.216. The fourth-order valence-corrected chi connectivity index (χ4v) is 2.56. The van der Waals surface area contributed by atoms with E-state index in [0.717, 1.165) is 16.9 Å². The Labute approximate surface area is 123 Å². The van der Waals surface area contributed by atoms with Crippen molar-refractivity contribution in [2.24, 2.45) is 0 Å². The number of benzene rings is 1. The van der Waals surface area contributed by atoms with Crippen molar-refractivity contribution in [3.8, 4) is 0 Å². The lowest BCUT2D eigenvalue weighted by Crippen LogP contribution is -2.24. The van der Waals surface area contributed by atoms with E-state index in [4.69, 9.17) is 0 Å². The van der Waals surface area contributed by atoms with Gasteiger partial charge in [-0.3, -0.25) is 9.59 Å². The van der Waals surface area contributed by atoms with Gasteiger partial charge in [-0.1, -0.05) is 22.7 Å². The molecule has 0 saturated carbocycles. The Balaban J connectivity index is 1.86. The highest BCUT2D eigenvalue weighted by Gasteiger charge is 2.14. The summed E-state index contributed by atoms with van der Waals surface area (Å²) in [5.74, 6) is -0.250. The Morgan fingerprint density at radius 2 is 2.10 bits per heavy atom. The maximum Gasteiger partial charge on any atom is 0.272 e. The summed E-state index contributed by atoms with van der Waals surface area (Å²) in [5.41, 5.74) is 0.952. The number of aryl methyl sites for hydroxylation is 1. The molecule has 2 aromatic heterocycles. The van der Waals surface area contributed by atoms with Crippen LogP contribution in [0.3, 0.4) is 0 Å². The number of aromatic amines is 1. The summed E-state index contributed by atoms with van der Waals surface area (Å²) >= 11 is 1.05. The van der Waals surface area contributed by atoms with Gasteiger partial charge in [-0.05, 0) is 24.5 Å². The average molecular weight is 301 g/mol. The van der Waals surface area contributed by atoms with Crippen LogP contribution in [0.5, 0.6) is 0 Å². The predicted octanol–water partition coefficient (Wildman–Crippen LogP) is 1.01. The lowest BCUT2D eigenvalue weighted by atomic mass is 10.1. The number of hydrogen-bond acceptors (Lipinski definition) is 6. The van der Waals surface area contributed by atoms with Crippen LogP contribution in [0, 0.1) is 6.92 Å². The largest absolute Gasteiger partial charge is 0.345 e. The zero-order valence-electron chi connectivity index (χ0n) is 11.1. The summed E-state index contributed by atoms with van der Waals surface area (Å²) in [6.45, 7) is 1.94. The quantitative estimate of drug-likeness (QED) is 0.752. The lowest BCUT2D eigenvalue weighted by Gasteiger charge is -2.06. The molecule has 0 spiro atoms. The minimum atomic E-state index is -0.250. The number of rotatable bonds is 3. The number of fused-ring (bicyclic) bond motifs is 1. The molecule has 0 atom stereocenters. The van der Waals surface area contributed by atoms with Crippen molar-refractivity contribution in [2.75, 3.05) is 0 Å². The Morgan fingerprint density at radius 1 is 1.33 bits per heavy atom. The second-order valence-corrected chi connectivity index (χ2v) is 5.17. The van der Waals surface area contributed by atoms with Crippen LogP contribution < -0.4 is 10.9 Å². The molecule has 0 aliphatic heterocycles. The Bertz CT molecular complexity index is 870. The third-order valence-electron chi connectivity index (χ3n) is 3.05. The van der Waals surface area contributed by atoms with E-state index in [1.807, 2.05) is 6.07 Å². The molecule has 3 aromatic rings. The van der Waals surface area contributed by atoms with Crippen molar-refractivity contribution in [3.63, 3.8) is 0 Å². The number of aromatic nitrogens is 4. The molecule has 2 heterocycles. The van der Waals surface area contributed by atoms with E-state index in [-0.39, 0.29) is 18.0 Å². The van der Waals surface area contributed by atoms with Gasteiger partial charge in [-0.25, -0.2) is 5.10 Å². The Kier molecular flexibility index (Phi) is 3.44. The molecule has 0 unspecified atom stereocenters. The third-order valence-corrected chi connectivity index (χ3v) is 3.88. The molecule has 3 rings (SSSR count). The average Bonchev–Trinajstić information content (AvgIpc) is 2.93. The van der Waals surface area contributed by atoms with Crippen LogP contribution in [0.2, 0.25) is 0 Å². The zero-order chi connectivity index (χ0) is 14.8. The number of nitrogens with zero attached hydrogens (tertiary/aromatic N) is 3.